The molecule has 0 aliphatic heterocycles. The van der Waals surface area contributed by atoms with Crippen LogP contribution in [-0.2, 0) is 0 Å². The number of hydrogen-bond donors (Lipinski definition) is 0. The van der Waals surface area contributed by atoms with Crippen molar-refractivity contribution >= 4 is 21.5 Å². The molecule has 6 aromatic rings. The third kappa shape index (κ3) is 2.38. The van der Waals surface area contributed by atoms with Gasteiger partial charge < -0.3 is 0 Å². The maximum absolute atomic E-state index is 2.40. The van der Waals surface area contributed by atoms with E-state index in [0.717, 1.165) is 0 Å². The topological polar surface area (TPSA) is 0 Å². The van der Waals surface area contributed by atoms with Crippen LogP contribution in [0.4, 0.5) is 0 Å². The van der Waals surface area contributed by atoms with Gasteiger partial charge in [0.15, 0.2) is 0 Å². The molecule has 0 bridgehead atoms. The second kappa shape index (κ2) is 6.67. The van der Waals surface area contributed by atoms with E-state index in [1.54, 1.807) is 0 Å². The molecule has 0 atom stereocenters. The van der Waals surface area contributed by atoms with Gasteiger partial charge in [0.2, 0.25) is 0 Å². The van der Waals surface area contributed by atoms with Crippen LogP contribution < -0.4 is 0 Å². The molecule has 1 aliphatic carbocycles. The van der Waals surface area contributed by atoms with Crippen LogP contribution >= 0.6 is 0 Å². The number of rotatable bonds is 2. The van der Waals surface area contributed by atoms with Crippen LogP contribution in [0.3, 0.4) is 0 Å². The Morgan fingerprint density at radius 3 is 1.59 bits per heavy atom. The predicted octanol–water partition coefficient (Wildman–Crippen LogP) is 8.97. The van der Waals surface area contributed by atoms with Gasteiger partial charge >= 0.3 is 0 Å². The van der Waals surface area contributed by atoms with E-state index < -0.39 is 0 Å². The fraction of sp³-hybridized carbons (Fsp3) is 0. The van der Waals surface area contributed by atoms with Crippen LogP contribution in [0.2, 0.25) is 0 Å². The quantitative estimate of drug-likeness (QED) is 0.252. The van der Waals surface area contributed by atoms with Crippen LogP contribution in [0, 0.1) is 0 Å². The van der Waals surface area contributed by atoms with Gasteiger partial charge in [-0.15, -0.1) is 0 Å². The van der Waals surface area contributed by atoms with Crippen LogP contribution in [0.15, 0.2) is 121 Å². The van der Waals surface area contributed by atoms with Gasteiger partial charge in [0.1, 0.15) is 0 Å². The summed E-state index contributed by atoms with van der Waals surface area (Å²) in [6, 6.07) is 44.1. The highest BCUT2D eigenvalue weighted by atomic mass is 14.3. The standard InChI is InChI=1S/C32H20/c1-3-10-21(11-4-1)25-18-19-26(22-12-5-2-6-13-22)32-29-20-23-14-7-8-15-24(23)27-16-9-17-28(30(27)29)31(25)32/h1-20H. The molecule has 0 amide bonds. The van der Waals surface area contributed by atoms with E-state index in [9.17, 15) is 0 Å². The molecule has 0 heterocycles. The van der Waals surface area contributed by atoms with E-state index in [2.05, 4.69) is 121 Å². The number of hydrogen-bond acceptors (Lipinski definition) is 0. The van der Waals surface area contributed by atoms with Gasteiger partial charge in [-0.25, -0.2) is 0 Å². The molecule has 32 heavy (non-hydrogen) atoms. The highest BCUT2D eigenvalue weighted by Crippen LogP contribution is 2.55. The van der Waals surface area contributed by atoms with E-state index in [-0.39, 0.29) is 0 Å². The van der Waals surface area contributed by atoms with Crippen molar-refractivity contribution in [2.24, 2.45) is 0 Å². The Balaban J connectivity index is 1.68. The van der Waals surface area contributed by atoms with Crippen LogP contribution in [0.25, 0.3) is 66.1 Å². The molecule has 0 heteroatoms. The van der Waals surface area contributed by atoms with Crippen molar-refractivity contribution in [2.75, 3.05) is 0 Å². The van der Waals surface area contributed by atoms with Crippen molar-refractivity contribution in [3.63, 3.8) is 0 Å². The Hall–Kier alpha value is -4.16. The predicted molar refractivity (Wildman–Crippen MR) is 137 cm³/mol. The van der Waals surface area contributed by atoms with E-state index >= 15 is 0 Å². The van der Waals surface area contributed by atoms with E-state index in [1.165, 1.54) is 66.1 Å². The summed E-state index contributed by atoms with van der Waals surface area (Å²) in [6.45, 7) is 0. The zero-order valence-corrected chi connectivity index (χ0v) is 17.5. The van der Waals surface area contributed by atoms with Crippen molar-refractivity contribution in [1.82, 2.24) is 0 Å². The summed E-state index contributed by atoms with van der Waals surface area (Å²) in [4.78, 5) is 0. The summed E-state index contributed by atoms with van der Waals surface area (Å²) in [5.41, 5.74) is 10.5. The van der Waals surface area contributed by atoms with Crippen molar-refractivity contribution in [3.05, 3.63) is 121 Å². The van der Waals surface area contributed by atoms with Crippen molar-refractivity contribution < 1.29 is 0 Å². The highest BCUT2D eigenvalue weighted by molar-refractivity contribution is 6.26. The first kappa shape index (κ1) is 17.5. The first-order valence-electron chi connectivity index (χ1n) is 11.1. The first-order chi connectivity index (χ1) is 15.9. The molecule has 0 fully saturated rings. The Kier molecular flexibility index (Phi) is 3.65. The van der Waals surface area contributed by atoms with Gasteiger partial charge in [0.25, 0.3) is 0 Å². The minimum atomic E-state index is 1.26. The van der Waals surface area contributed by atoms with Crippen molar-refractivity contribution in [1.29, 1.82) is 0 Å². The molecule has 0 saturated heterocycles. The fourth-order valence-corrected chi connectivity index (χ4v) is 5.45. The third-order valence-electron chi connectivity index (χ3n) is 6.80. The highest BCUT2D eigenvalue weighted by Gasteiger charge is 2.28. The summed E-state index contributed by atoms with van der Waals surface area (Å²) in [5.74, 6) is 0. The van der Waals surface area contributed by atoms with Gasteiger partial charge in [-0.1, -0.05) is 115 Å². The van der Waals surface area contributed by atoms with E-state index in [1.807, 2.05) is 0 Å². The molecule has 7 rings (SSSR count). The maximum Gasteiger partial charge on any atom is -0.00137 e. The molecule has 0 radical (unpaired) electrons. The first-order valence-corrected chi connectivity index (χ1v) is 11.1. The molecule has 0 N–H and O–H groups in total. The third-order valence-corrected chi connectivity index (χ3v) is 6.80. The minimum absolute atomic E-state index is 1.26. The summed E-state index contributed by atoms with van der Waals surface area (Å²) < 4.78 is 0. The fourth-order valence-electron chi connectivity index (χ4n) is 5.45. The lowest BCUT2D eigenvalue weighted by molar-refractivity contribution is 1.59. The summed E-state index contributed by atoms with van der Waals surface area (Å²) in [6.07, 6.45) is 0. The van der Waals surface area contributed by atoms with Gasteiger partial charge in [-0.05, 0) is 72.1 Å². The SMILES string of the molecule is c1ccc(-c2ccc(-c3ccccc3)c3c2-c2cccc4c2c-3cc2ccccc24)cc1. The van der Waals surface area contributed by atoms with Gasteiger partial charge in [-0.3, -0.25) is 0 Å². The molecule has 0 nitrogen and oxygen atoms in total. The lowest BCUT2D eigenvalue weighted by Crippen LogP contribution is -1.89. The molecule has 0 unspecified atom stereocenters. The van der Waals surface area contributed by atoms with Crippen LogP contribution in [-0.4, -0.2) is 0 Å². The van der Waals surface area contributed by atoms with Crippen molar-refractivity contribution in [2.45, 2.75) is 0 Å². The van der Waals surface area contributed by atoms with Gasteiger partial charge in [0.05, 0.1) is 0 Å². The smallest absolute Gasteiger partial charge is 0.00137 e. The van der Waals surface area contributed by atoms with Crippen LogP contribution in [0.5, 0.6) is 0 Å². The Morgan fingerprint density at radius 1 is 0.344 bits per heavy atom. The average molecular weight is 405 g/mol. The summed E-state index contributed by atoms with van der Waals surface area (Å²) >= 11 is 0. The Morgan fingerprint density at radius 2 is 0.906 bits per heavy atom. The molecule has 6 aromatic carbocycles. The normalized spacial score (nSPS) is 11.8. The van der Waals surface area contributed by atoms with Crippen molar-refractivity contribution in [3.8, 4) is 44.5 Å². The summed E-state index contributed by atoms with van der Waals surface area (Å²) in [5, 5.41) is 5.33. The second-order valence-corrected chi connectivity index (χ2v) is 8.52. The van der Waals surface area contributed by atoms with Crippen LogP contribution in [0.1, 0.15) is 0 Å². The van der Waals surface area contributed by atoms with Gasteiger partial charge in [-0.2, -0.15) is 0 Å². The number of fused-ring (bicyclic) bond motifs is 5. The van der Waals surface area contributed by atoms with E-state index in [4.69, 9.17) is 0 Å². The molecule has 1 aliphatic rings. The Bertz CT molecular complexity index is 1640. The van der Waals surface area contributed by atoms with E-state index in [0.29, 0.717) is 0 Å². The molecule has 0 saturated carbocycles. The lowest BCUT2D eigenvalue weighted by atomic mass is 9.88. The lowest BCUT2D eigenvalue weighted by Gasteiger charge is -2.15. The largest absolute Gasteiger partial charge is 0.0622 e. The molecular weight excluding hydrogens is 384 g/mol. The number of benzene rings is 6. The maximum atomic E-state index is 2.40. The Labute approximate surface area is 187 Å². The summed E-state index contributed by atoms with van der Waals surface area (Å²) in [7, 11) is 0. The zero-order valence-electron chi connectivity index (χ0n) is 17.5. The molecule has 148 valence electrons. The second-order valence-electron chi connectivity index (χ2n) is 8.52. The monoisotopic (exact) mass is 404 g/mol. The minimum Gasteiger partial charge on any atom is -0.0622 e. The molecule has 0 spiro atoms. The average Bonchev–Trinajstić information content (AvgIpc) is 3.20. The molecule has 0 aromatic heterocycles. The van der Waals surface area contributed by atoms with Gasteiger partial charge in [0, 0.05) is 0 Å². The molecular formula is C32H20. The zero-order chi connectivity index (χ0) is 21.1.